The highest BCUT2D eigenvalue weighted by Gasteiger charge is 2.42. The molecule has 0 bridgehead atoms. The lowest BCUT2D eigenvalue weighted by atomic mass is 9.90. The molecule has 84 heavy (non-hydrogen) atoms. The molecule has 0 spiro atoms. The lowest BCUT2D eigenvalue weighted by Gasteiger charge is -2.39. The summed E-state index contributed by atoms with van der Waals surface area (Å²) in [5.41, 5.74) is 0.590. The molecule has 0 saturated heterocycles. The summed E-state index contributed by atoms with van der Waals surface area (Å²) in [6.07, 6.45) is 13.4. The van der Waals surface area contributed by atoms with Crippen molar-refractivity contribution in [3.63, 3.8) is 0 Å². The van der Waals surface area contributed by atoms with Gasteiger partial charge in [0, 0.05) is 96.7 Å². The van der Waals surface area contributed by atoms with E-state index in [1.807, 2.05) is 65.8 Å². The van der Waals surface area contributed by atoms with Gasteiger partial charge < -0.3 is 54.9 Å². The molecule has 2 amide bonds. The topological polar surface area (TPSA) is 261 Å². The first-order valence-electron chi connectivity index (χ1n) is 26.7. The van der Waals surface area contributed by atoms with Gasteiger partial charge in [-0.25, -0.2) is 28.8 Å². The Balaban J connectivity index is 0.000000140. The normalized spacial score (nSPS) is 17.9. The molecule has 9 heterocycles. The number of furan rings is 3. The molecule has 9 aromatic rings. The first kappa shape index (κ1) is 57.0. The van der Waals surface area contributed by atoms with E-state index in [-0.39, 0.29) is 0 Å². The Labute approximate surface area is 478 Å². The van der Waals surface area contributed by atoms with Crippen molar-refractivity contribution >= 4 is 63.2 Å². The summed E-state index contributed by atoms with van der Waals surface area (Å²) >= 11 is 0. The van der Waals surface area contributed by atoms with Gasteiger partial charge in [0.25, 0.3) is 0 Å². The summed E-state index contributed by atoms with van der Waals surface area (Å²) in [5.74, 6) is 3.45. The minimum absolute atomic E-state index is 0.407. The number of fused-ring (bicyclic) bond motifs is 6. The second-order valence-corrected chi connectivity index (χ2v) is 21.4. The van der Waals surface area contributed by atoms with Crippen molar-refractivity contribution < 1.29 is 69.3 Å². The molecule has 432 valence electrons. The van der Waals surface area contributed by atoms with E-state index in [9.17, 15) is 28.8 Å². The highest BCUT2D eigenvalue weighted by molar-refractivity contribution is 5.83. The molecule has 0 saturated carbocycles. The van der Waals surface area contributed by atoms with Gasteiger partial charge in [-0.1, -0.05) is 6.08 Å². The molecule has 12 rings (SSSR count). The van der Waals surface area contributed by atoms with E-state index in [0.29, 0.717) is 71.2 Å². The van der Waals surface area contributed by atoms with Crippen molar-refractivity contribution in [3.8, 4) is 17.2 Å². The number of allylic oxidation sites excluding steroid dienone is 1. The van der Waals surface area contributed by atoms with Crippen molar-refractivity contribution in [1.82, 2.24) is 10.6 Å². The van der Waals surface area contributed by atoms with Crippen molar-refractivity contribution in [1.29, 1.82) is 0 Å². The molecule has 0 unspecified atom stereocenters. The van der Waals surface area contributed by atoms with Crippen LogP contribution in [0.3, 0.4) is 0 Å². The number of nitrogens with one attached hydrogen (secondary N) is 2. The number of ether oxygens (including phenoxy) is 6. The first-order chi connectivity index (χ1) is 40.2. The molecular formula is C64H58N2O18. The summed E-state index contributed by atoms with van der Waals surface area (Å²) < 4.78 is 66.2. The maximum Gasteiger partial charge on any atom is 0.411 e. The fourth-order valence-electron chi connectivity index (χ4n) is 9.49. The Hall–Kier alpha value is -10.2. The summed E-state index contributed by atoms with van der Waals surface area (Å²) in [7, 11) is 0. The lowest BCUT2D eigenvalue weighted by molar-refractivity contribution is -0.155. The zero-order valence-electron chi connectivity index (χ0n) is 46.5. The molecule has 0 fully saturated rings. The van der Waals surface area contributed by atoms with Crippen molar-refractivity contribution in [2.24, 2.45) is 0 Å². The number of esters is 1. The van der Waals surface area contributed by atoms with Crippen LogP contribution in [0.15, 0.2) is 193 Å². The standard InChI is InChI=1S/C22H20O6.2C21H19NO6/c1-22(2)19(27-20(23)7-3-5-16-6-4-10-25-16)12-15-11-14-8-9-21(24)26-17(14)13-18(15)28-22;2*1-21(2)18(27-20(24)22-8-7-15-4-3-9-25-15)11-14-10-13-5-6-19(23)26-16(13)12-17(14)28-21/h3-4,6-11,13,19H,5,12H2,1-2H3;2*3-10,12,18H,11H2,1-2H3,(H,22,24)/b7-3+;2*8-7+/t19-;2*18-/m010/s1. The zero-order valence-corrected chi connectivity index (χ0v) is 46.5. The SMILES string of the molecule is CC1(C)Oc2cc3oc(=O)ccc3cc2C[C@@H]1OC(=O)/C=C/Cc1ccco1.CC1(C)Oc2cc3oc(=O)ccc3cc2C[C@@H]1OC(=O)N/C=C/c1ccco1.CC1(C)Oc2cc3oc(=O)ccc3cc2C[C@H]1OC(=O)N/C=C/c1ccco1. The third-order valence-corrected chi connectivity index (χ3v) is 14.0. The number of hydrogen-bond donors (Lipinski definition) is 2. The molecule has 6 aromatic heterocycles. The zero-order chi connectivity index (χ0) is 59.2. The quantitative estimate of drug-likeness (QED) is 0.0558. The molecule has 3 atom stereocenters. The van der Waals surface area contributed by atoms with Crippen LogP contribution >= 0.6 is 0 Å². The van der Waals surface area contributed by atoms with Crippen LogP contribution in [0.25, 0.3) is 45.1 Å². The van der Waals surface area contributed by atoms with Crippen molar-refractivity contribution in [2.75, 3.05) is 0 Å². The van der Waals surface area contributed by atoms with Gasteiger partial charge in [0.1, 0.15) is 86.4 Å². The van der Waals surface area contributed by atoms with Crippen molar-refractivity contribution in [2.45, 2.75) is 102 Å². The van der Waals surface area contributed by atoms with Gasteiger partial charge in [0.2, 0.25) is 0 Å². The van der Waals surface area contributed by atoms with Gasteiger partial charge in [-0.05, 0) is 143 Å². The fraction of sp³-hybridized carbons (Fsp3) is 0.250. The van der Waals surface area contributed by atoms with E-state index in [1.165, 1.54) is 36.7 Å². The molecule has 2 N–H and O–H groups in total. The Kier molecular flexibility index (Phi) is 16.3. The maximum absolute atomic E-state index is 12.2. The second-order valence-electron chi connectivity index (χ2n) is 21.4. The van der Waals surface area contributed by atoms with E-state index in [2.05, 4.69) is 10.6 Å². The molecule has 0 aliphatic carbocycles. The van der Waals surface area contributed by atoms with Crippen LogP contribution < -0.4 is 41.7 Å². The summed E-state index contributed by atoms with van der Waals surface area (Å²) in [6.45, 7) is 11.1. The second kappa shape index (κ2) is 24.1. The average Bonchev–Trinajstić information content (AvgIpc) is 3.41. The number of rotatable bonds is 10. The monoisotopic (exact) mass is 1140 g/mol. The summed E-state index contributed by atoms with van der Waals surface area (Å²) in [6, 6.07) is 30.7. The van der Waals surface area contributed by atoms with Gasteiger partial charge in [-0.15, -0.1) is 0 Å². The average molecular weight is 1140 g/mol. The van der Waals surface area contributed by atoms with Crippen molar-refractivity contribution in [3.05, 3.63) is 218 Å². The maximum atomic E-state index is 12.2. The smallest absolute Gasteiger partial charge is 0.411 e. The highest BCUT2D eigenvalue weighted by atomic mass is 16.6. The number of carbonyl (C=O) groups is 3. The van der Waals surface area contributed by atoms with E-state index in [1.54, 1.807) is 104 Å². The number of carbonyl (C=O) groups excluding carboxylic acids is 3. The predicted octanol–water partition coefficient (Wildman–Crippen LogP) is 11.5. The minimum atomic E-state index is -0.752. The highest BCUT2D eigenvalue weighted by Crippen LogP contribution is 2.40. The largest absolute Gasteiger partial charge is 0.484 e. The predicted molar refractivity (Wildman–Crippen MR) is 306 cm³/mol. The van der Waals surface area contributed by atoms with E-state index in [4.69, 9.17) is 54.9 Å². The van der Waals surface area contributed by atoms with Crippen LogP contribution in [-0.4, -0.2) is 53.3 Å². The van der Waals surface area contributed by atoms with Gasteiger partial charge >= 0.3 is 35.0 Å². The van der Waals surface area contributed by atoms with Crippen LogP contribution in [0.2, 0.25) is 0 Å². The van der Waals surface area contributed by atoms with Crippen LogP contribution in [0, 0.1) is 0 Å². The van der Waals surface area contributed by atoms with Gasteiger partial charge in [0.05, 0.1) is 18.8 Å². The molecule has 20 heteroatoms. The van der Waals surface area contributed by atoms with Gasteiger partial charge in [-0.2, -0.15) is 0 Å². The summed E-state index contributed by atoms with van der Waals surface area (Å²) in [4.78, 5) is 70.9. The Morgan fingerprint density at radius 1 is 0.500 bits per heavy atom. The van der Waals surface area contributed by atoms with Crippen LogP contribution in [0.4, 0.5) is 9.59 Å². The van der Waals surface area contributed by atoms with Crippen LogP contribution in [0.1, 0.15) is 75.5 Å². The molecule has 3 aromatic carbocycles. The number of benzene rings is 3. The Bertz CT molecular complexity index is 3940. The molecule has 20 nitrogen and oxygen atoms in total. The molecule has 0 radical (unpaired) electrons. The molecule has 3 aliphatic rings. The third-order valence-electron chi connectivity index (χ3n) is 14.0. The summed E-state index contributed by atoms with van der Waals surface area (Å²) in [5, 5.41) is 7.48. The van der Waals surface area contributed by atoms with Gasteiger partial charge in [0.15, 0.2) is 0 Å². The molecule has 3 aliphatic heterocycles. The van der Waals surface area contributed by atoms with Crippen LogP contribution in [-0.2, 0) is 44.7 Å². The van der Waals surface area contributed by atoms with Gasteiger partial charge in [-0.3, -0.25) is 10.6 Å². The Morgan fingerprint density at radius 3 is 1.25 bits per heavy atom. The van der Waals surface area contributed by atoms with Crippen LogP contribution in [0.5, 0.6) is 17.2 Å². The Morgan fingerprint density at radius 2 is 0.881 bits per heavy atom. The number of amides is 2. The number of alkyl carbamates (subject to hydrolysis) is 2. The first-order valence-corrected chi connectivity index (χ1v) is 26.7. The van der Waals surface area contributed by atoms with E-state index < -0.39 is 70.1 Å². The van der Waals surface area contributed by atoms with E-state index >= 15 is 0 Å². The lowest BCUT2D eigenvalue weighted by Crippen LogP contribution is -2.49. The third kappa shape index (κ3) is 13.9. The minimum Gasteiger partial charge on any atom is -0.484 e. The van der Waals surface area contributed by atoms with E-state index in [0.717, 1.165) is 38.6 Å². The fourth-order valence-corrected chi connectivity index (χ4v) is 9.49. The molecular weight excluding hydrogens is 1080 g/mol. The number of hydrogen-bond acceptors (Lipinski definition) is 18.